The Morgan fingerprint density at radius 2 is 1.79 bits per heavy atom. The first-order chi connectivity index (χ1) is 6.70. The molecule has 2 rings (SSSR count). The molecule has 69 valence electrons. The van der Waals surface area contributed by atoms with E-state index in [4.69, 9.17) is 0 Å². The lowest BCUT2D eigenvalue weighted by Gasteiger charge is -2.01. The van der Waals surface area contributed by atoms with Crippen LogP contribution in [0.2, 0.25) is 0 Å². The standard InChI is InChI=1S/C12H9O2/c1-8(13)10-7-6-9-4-2-3-5-11(9)12(10)14/h2-7H,1H3. The Balaban J connectivity index is 2.81. The third-order valence-electron chi connectivity index (χ3n) is 2.26. The van der Waals surface area contributed by atoms with Crippen molar-refractivity contribution < 1.29 is 9.90 Å². The molecule has 0 N–H and O–H groups in total. The number of carbonyl (C=O) groups is 1. The van der Waals surface area contributed by atoms with E-state index in [-0.39, 0.29) is 17.1 Å². The van der Waals surface area contributed by atoms with Crippen LogP contribution in [0.25, 0.3) is 10.8 Å². The maximum Gasteiger partial charge on any atom is 0.197 e. The van der Waals surface area contributed by atoms with Crippen molar-refractivity contribution in [2.45, 2.75) is 6.92 Å². The van der Waals surface area contributed by atoms with Crippen LogP contribution in [0.1, 0.15) is 17.3 Å². The summed E-state index contributed by atoms with van der Waals surface area (Å²) in [6.45, 7) is 1.41. The van der Waals surface area contributed by atoms with Gasteiger partial charge in [0.1, 0.15) is 0 Å². The van der Waals surface area contributed by atoms with Crippen molar-refractivity contribution in [1.82, 2.24) is 0 Å². The highest BCUT2D eigenvalue weighted by atomic mass is 16.3. The third kappa shape index (κ3) is 1.25. The highest BCUT2D eigenvalue weighted by Gasteiger charge is 2.10. The van der Waals surface area contributed by atoms with Crippen LogP contribution in [0.5, 0.6) is 5.75 Å². The van der Waals surface area contributed by atoms with Gasteiger partial charge in [-0.1, -0.05) is 30.3 Å². The summed E-state index contributed by atoms with van der Waals surface area (Å²) >= 11 is 0. The molecule has 2 aromatic carbocycles. The van der Waals surface area contributed by atoms with Crippen molar-refractivity contribution in [2.24, 2.45) is 0 Å². The second-order valence-corrected chi connectivity index (χ2v) is 3.22. The van der Waals surface area contributed by atoms with Crippen molar-refractivity contribution in [2.75, 3.05) is 0 Å². The normalized spacial score (nSPS) is 10.4. The summed E-state index contributed by atoms with van der Waals surface area (Å²) in [4.78, 5) is 11.1. The number of hydrogen-bond donors (Lipinski definition) is 0. The number of benzene rings is 2. The van der Waals surface area contributed by atoms with E-state index in [1.54, 1.807) is 24.3 Å². The lowest BCUT2D eigenvalue weighted by molar-refractivity contribution is 0.101. The van der Waals surface area contributed by atoms with Gasteiger partial charge >= 0.3 is 0 Å². The predicted molar refractivity (Wildman–Crippen MR) is 54.1 cm³/mol. The van der Waals surface area contributed by atoms with Crippen molar-refractivity contribution in [1.29, 1.82) is 0 Å². The SMILES string of the molecule is CC(=O)c1ccc2ccccc2c1[O]. The summed E-state index contributed by atoms with van der Waals surface area (Å²) in [5, 5.41) is 13.2. The van der Waals surface area contributed by atoms with Crippen molar-refractivity contribution in [3.8, 4) is 5.75 Å². The largest absolute Gasteiger partial charge is 0.294 e. The first-order valence-corrected chi connectivity index (χ1v) is 4.40. The molecule has 0 saturated heterocycles. The summed E-state index contributed by atoms with van der Waals surface area (Å²) in [5.74, 6) is -0.351. The lowest BCUT2D eigenvalue weighted by atomic mass is 10.0. The molecule has 0 atom stereocenters. The molecule has 0 saturated carbocycles. The van der Waals surface area contributed by atoms with Gasteiger partial charge in [-0.05, 0) is 18.4 Å². The first-order valence-electron chi connectivity index (χ1n) is 4.40. The highest BCUT2D eigenvalue weighted by Crippen LogP contribution is 2.29. The van der Waals surface area contributed by atoms with Gasteiger partial charge in [-0.2, -0.15) is 0 Å². The number of carbonyl (C=O) groups excluding carboxylic acids is 1. The molecule has 2 nitrogen and oxygen atoms in total. The average molecular weight is 185 g/mol. The number of ketones is 1. The van der Waals surface area contributed by atoms with Gasteiger partial charge in [-0.15, -0.1) is 0 Å². The molecule has 0 heterocycles. The second kappa shape index (κ2) is 3.14. The van der Waals surface area contributed by atoms with E-state index in [0.717, 1.165) is 5.39 Å². The zero-order chi connectivity index (χ0) is 10.1. The molecule has 2 aromatic rings. The van der Waals surface area contributed by atoms with Crippen molar-refractivity contribution >= 4 is 16.6 Å². The van der Waals surface area contributed by atoms with Crippen LogP contribution in [-0.4, -0.2) is 5.78 Å². The maximum atomic E-state index is 11.7. The zero-order valence-electron chi connectivity index (χ0n) is 7.78. The Morgan fingerprint density at radius 3 is 2.50 bits per heavy atom. The van der Waals surface area contributed by atoms with Crippen molar-refractivity contribution in [3.05, 3.63) is 42.0 Å². The van der Waals surface area contributed by atoms with Gasteiger partial charge in [0.2, 0.25) is 0 Å². The van der Waals surface area contributed by atoms with Gasteiger partial charge in [0, 0.05) is 5.39 Å². The quantitative estimate of drug-likeness (QED) is 0.628. The minimum Gasteiger partial charge on any atom is -0.294 e. The maximum absolute atomic E-state index is 11.7. The molecule has 0 aliphatic heterocycles. The molecule has 0 spiro atoms. The zero-order valence-corrected chi connectivity index (χ0v) is 7.78. The Kier molecular flexibility index (Phi) is 1.97. The van der Waals surface area contributed by atoms with Gasteiger partial charge < -0.3 is 0 Å². The minimum atomic E-state index is -0.180. The van der Waals surface area contributed by atoms with E-state index in [9.17, 15) is 9.90 Å². The summed E-state index contributed by atoms with van der Waals surface area (Å²) in [7, 11) is 0. The van der Waals surface area contributed by atoms with Gasteiger partial charge in [0.05, 0.1) is 5.56 Å². The van der Waals surface area contributed by atoms with Crippen LogP contribution >= 0.6 is 0 Å². The first kappa shape index (κ1) is 8.75. The summed E-state index contributed by atoms with van der Waals surface area (Å²) < 4.78 is 0. The molecule has 0 fully saturated rings. The fourth-order valence-corrected chi connectivity index (χ4v) is 1.52. The van der Waals surface area contributed by atoms with Crippen LogP contribution in [0, 0.1) is 0 Å². The second-order valence-electron chi connectivity index (χ2n) is 3.22. The van der Waals surface area contributed by atoms with Crippen LogP contribution in [0.3, 0.4) is 0 Å². The Bertz CT molecular complexity index is 501. The smallest absolute Gasteiger partial charge is 0.197 e. The molecule has 0 aromatic heterocycles. The van der Waals surface area contributed by atoms with Gasteiger partial charge in [-0.3, -0.25) is 9.90 Å². The fraction of sp³-hybridized carbons (Fsp3) is 0.0833. The van der Waals surface area contributed by atoms with Crippen molar-refractivity contribution in [3.63, 3.8) is 0 Å². The summed E-state index contributed by atoms with van der Waals surface area (Å²) in [6.07, 6.45) is 0. The fourth-order valence-electron chi connectivity index (χ4n) is 1.52. The highest BCUT2D eigenvalue weighted by molar-refractivity contribution is 6.03. The molecule has 0 aliphatic carbocycles. The van der Waals surface area contributed by atoms with E-state index in [1.165, 1.54) is 6.92 Å². The Labute approximate surface area is 81.8 Å². The summed E-state index contributed by atoms with van der Waals surface area (Å²) in [6, 6.07) is 10.7. The van der Waals surface area contributed by atoms with Gasteiger partial charge in [0.15, 0.2) is 11.5 Å². The molecule has 2 heteroatoms. The van der Waals surface area contributed by atoms with Crippen LogP contribution < -0.4 is 0 Å². The number of hydrogen-bond acceptors (Lipinski definition) is 1. The predicted octanol–water partition coefficient (Wildman–Crippen LogP) is 3.19. The van der Waals surface area contributed by atoms with Gasteiger partial charge in [-0.25, -0.2) is 0 Å². The van der Waals surface area contributed by atoms with E-state index in [1.807, 2.05) is 12.1 Å². The molecule has 0 bridgehead atoms. The number of Topliss-reactive ketones (excluding diaryl/α,β-unsaturated/α-hetero) is 1. The molecule has 1 radical (unpaired) electrons. The average Bonchev–Trinajstić information content (AvgIpc) is 2.18. The van der Waals surface area contributed by atoms with E-state index >= 15 is 0 Å². The van der Waals surface area contributed by atoms with Crippen LogP contribution in [-0.2, 0) is 5.11 Å². The topological polar surface area (TPSA) is 37.0 Å². The van der Waals surface area contributed by atoms with Gasteiger partial charge in [0.25, 0.3) is 0 Å². The number of fused-ring (bicyclic) bond motifs is 1. The van der Waals surface area contributed by atoms with Crippen LogP contribution in [0.4, 0.5) is 0 Å². The molecule has 0 amide bonds. The summed E-state index contributed by atoms with van der Waals surface area (Å²) in [5.41, 5.74) is 0.267. The van der Waals surface area contributed by atoms with Crippen LogP contribution in [0.15, 0.2) is 36.4 Å². The third-order valence-corrected chi connectivity index (χ3v) is 2.26. The Morgan fingerprint density at radius 1 is 1.07 bits per heavy atom. The Hall–Kier alpha value is -1.83. The molecule has 14 heavy (non-hydrogen) atoms. The molecule has 0 aliphatic rings. The van der Waals surface area contributed by atoms with E-state index < -0.39 is 0 Å². The lowest BCUT2D eigenvalue weighted by Crippen LogP contribution is -1.91. The van der Waals surface area contributed by atoms with E-state index in [2.05, 4.69) is 0 Å². The monoisotopic (exact) mass is 185 g/mol. The molecular weight excluding hydrogens is 176 g/mol. The molecule has 0 unspecified atom stereocenters. The number of rotatable bonds is 1. The minimum absolute atomic E-state index is 0.171. The molecular formula is C12H9O2. The van der Waals surface area contributed by atoms with E-state index in [0.29, 0.717) is 5.39 Å².